The van der Waals surface area contributed by atoms with Gasteiger partial charge in [0.1, 0.15) is 11.4 Å². The van der Waals surface area contributed by atoms with Gasteiger partial charge in [-0.1, -0.05) is 0 Å². The highest BCUT2D eigenvalue weighted by Crippen LogP contribution is 2.36. The minimum absolute atomic E-state index is 0.0637. The molecule has 2 atom stereocenters. The van der Waals surface area contributed by atoms with Crippen LogP contribution in [0, 0.1) is 5.82 Å². The molecule has 2 N–H and O–H groups in total. The standard InChI is InChI=1S/C19H23FN2O3/c1-3-22-10-15(19(24)25-4-2)18(23)14-8-16(20)13(9-17(14)22)11-5-6-12(21)7-11/h8-12H,3-7,21H2,1-2H3. The van der Waals surface area contributed by atoms with Gasteiger partial charge in [0.05, 0.1) is 12.1 Å². The summed E-state index contributed by atoms with van der Waals surface area (Å²) in [6.45, 7) is 4.32. The molecule has 2 aromatic rings. The van der Waals surface area contributed by atoms with E-state index < -0.39 is 17.2 Å². The fourth-order valence-electron chi connectivity index (χ4n) is 3.65. The van der Waals surface area contributed by atoms with Gasteiger partial charge < -0.3 is 15.0 Å². The largest absolute Gasteiger partial charge is 0.462 e. The zero-order chi connectivity index (χ0) is 18.1. The van der Waals surface area contributed by atoms with Crippen molar-refractivity contribution in [2.75, 3.05) is 6.61 Å². The van der Waals surface area contributed by atoms with Crippen LogP contribution in [0.3, 0.4) is 0 Å². The van der Waals surface area contributed by atoms with Crippen molar-refractivity contribution >= 4 is 16.9 Å². The van der Waals surface area contributed by atoms with Crippen molar-refractivity contribution in [3.8, 4) is 0 Å². The number of rotatable bonds is 4. The summed E-state index contributed by atoms with van der Waals surface area (Å²) in [6, 6.07) is 3.10. The predicted molar refractivity (Wildman–Crippen MR) is 94.4 cm³/mol. The van der Waals surface area contributed by atoms with Crippen LogP contribution in [0.4, 0.5) is 4.39 Å². The fourth-order valence-corrected chi connectivity index (χ4v) is 3.65. The normalized spacial score (nSPS) is 20.2. The average Bonchev–Trinajstić information content (AvgIpc) is 3.01. The number of pyridine rings is 1. The molecule has 1 heterocycles. The number of hydrogen-bond donors (Lipinski definition) is 1. The second-order valence-corrected chi connectivity index (χ2v) is 6.54. The third kappa shape index (κ3) is 3.18. The maximum Gasteiger partial charge on any atom is 0.343 e. The first-order valence-corrected chi connectivity index (χ1v) is 8.75. The van der Waals surface area contributed by atoms with E-state index in [0.717, 1.165) is 19.3 Å². The molecule has 0 aliphatic heterocycles. The number of hydrogen-bond acceptors (Lipinski definition) is 4. The number of benzene rings is 1. The molecular weight excluding hydrogens is 323 g/mol. The molecule has 0 saturated heterocycles. The Morgan fingerprint density at radius 1 is 1.36 bits per heavy atom. The maximum atomic E-state index is 14.7. The van der Waals surface area contributed by atoms with Crippen LogP contribution >= 0.6 is 0 Å². The van der Waals surface area contributed by atoms with Gasteiger partial charge in [-0.25, -0.2) is 9.18 Å². The predicted octanol–water partition coefficient (Wildman–Crippen LogP) is 2.93. The Balaban J connectivity index is 2.19. The van der Waals surface area contributed by atoms with E-state index in [9.17, 15) is 14.0 Å². The summed E-state index contributed by atoms with van der Waals surface area (Å²) in [4.78, 5) is 24.7. The zero-order valence-corrected chi connectivity index (χ0v) is 14.5. The van der Waals surface area contributed by atoms with Gasteiger partial charge in [0.15, 0.2) is 0 Å². The minimum atomic E-state index is -0.678. The summed E-state index contributed by atoms with van der Waals surface area (Å²) in [6.07, 6.45) is 3.98. The van der Waals surface area contributed by atoms with Crippen molar-refractivity contribution < 1.29 is 13.9 Å². The Labute approximate surface area is 145 Å². The Bertz CT molecular complexity index is 875. The van der Waals surface area contributed by atoms with Crippen LogP contribution in [0.25, 0.3) is 10.9 Å². The van der Waals surface area contributed by atoms with E-state index in [-0.39, 0.29) is 29.5 Å². The number of fused-ring (bicyclic) bond motifs is 1. The monoisotopic (exact) mass is 346 g/mol. The molecule has 0 radical (unpaired) electrons. The van der Waals surface area contributed by atoms with Gasteiger partial charge in [0, 0.05) is 24.2 Å². The van der Waals surface area contributed by atoms with Crippen molar-refractivity contribution in [3.63, 3.8) is 0 Å². The summed E-state index contributed by atoms with van der Waals surface area (Å²) in [7, 11) is 0. The quantitative estimate of drug-likeness (QED) is 0.864. The number of nitrogens with zero attached hydrogens (tertiary/aromatic N) is 1. The third-order valence-corrected chi connectivity index (χ3v) is 4.95. The number of carbonyl (C=O) groups excluding carboxylic acids is 1. The Morgan fingerprint density at radius 3 is 2.72 bits per heavy atom. The van der Waals surface area contributed by atoms with Crippen LogP contribution in [0.5, 0.6) is 0 Å². The molecule has 1 aromatic carbocycles. The first-order valence-electron chi connectivity index (χ1n) is 8.75. The molecule has 5 nitrogen and oxygen atoms in total. The molecular formula is C19H23FN2O3. The van der Waals surface area contributed by atoms with Gasteiger partial charge in [-0.3, -0.25) is 4.79 Å². The molecule has 1 aliphatic rings. The molecule has 0 amide bonds. The van der Waals surface area contributed by atoms with E-state index in [1.54, 1.807) is 17.6 Å². The van der Waals surface area contributed by atoms with Crippen molar-refractivity contribution in [1.29, 1.82) is 0 Å². The van der Waals surface area contributed by atoms with Crippen molar-refractivity contribution in [3.05, 3.63) is 45.5 Å². The van der Waals surface area contributed by atoms with Crippen LogP contribution in [-0.4, -0.2) is 23.2 Å². The van der Waals surface area contributed by atoms with E-state index in [1.807, 2.05) is 6.92 Å². The lowest BCUT2D eigenvalue weighted by Crippen LogP contribution is -2.21. The molecule has 1 fully saturated rings. The smallest absolute Gasteiger partial charge is 0.343 e. The number of aryl methyl sites for hydroxylation is 1. The van der Waals surface area contributed by atoms with Crippen molar-refractivity contribution in [1.82, 2.24) is 4.57 Å². The number of carbonyl (C=O) groups is 1. The summed E-state index contributed by atoms with van der Waals surface area (Å²) in [5.74, 6) is -1.01. The number of ether oxygens (including phenoxy) is 1. The van der Waals surface area contributed by atoms with E-state index in [1.165, 1.54) is 12.3 Å². The lowest BCUT2D eigenvalue weighted by atomic mass is 9.95. The van der Waals surface area contributed by atoms with Crippen LogP contribution in [0.15, 0.2) is 23.1 Å². The number of nitrogens with two attached hydrogens (primary N) is 1. The van der Waals surface area contributed by atoms with Gasteiger partial charge in [-0.05, 0) is 56.7 Å². The lowest BCUT2D eigenvalue weighted by molar-refractivity contribution is 0.0524. The highest BCUT2D eigenvalue weighted by atomic mass is 19.1. The van der Waals surface area contributed by atoms with E-state index in [2.05, 4.69) is 0 Å². The lowest BCUT2D eigenvalue weighted by Gasteiger charge is -2.16. The summed E-state index contributed by atoms with van der Waals surface area (Å²) in [5, 5.41) is 0.205. The second-order valence-electron chi connectivity index (χ2n) is 6.54. The van der Waals surface area contributed by atoms with Gasteiger partial charge in [-0.2, -0.15) is 0 Å². The summed E-state index contributed by atoms with van der Waals surface area (Å²) in [5.41, 5.74) is 6.64. The molecule has 0 bridgehead atoms. The molecule has 0 spiro atoms. The van der Waals surface area contributed by atoms with E-state index in [4.69, 9.17) is 10.5 Å². The number of esters is 1. The number of aromatic nitrogens is 1. The van der Waals surface area contributed by atoms with Crippen LogP contribution in [0.1, 0.15) is 54.9 Å². The Morgan fingerprint density at radius 2 is 2.12 bits per heavy atom. The topological polar surface area (TPSA) is 74.3 Å². The Hall–Kier alpha value is -2.21. The number of halogens is 1. The summed E-state index contributed by atoms with van der Waals surface area (Å²) < 4.78 is 21.4. The molecule has 1 saturated carbocycles. The summed E-state index contributed by atoms with van der Waals surface area (Å²) >= 11 is 0. The first kappa shape index (κ1) is 17.6. The molecule has 6 heteroatoms. The van der Waals surface area contributed by atoms with E-state index >= 15 is 0 Å². The van der Waals surface area contributed by atoms with Gasteiger partial charge in [0.25, 0.3) is 0 Å². The van der Waals surface area contributed by atoms with Crippen LogP contribution in [-0.2, 0) is 11.3 Å². The molecule has 1 aliphatic carbocycles. The van der Waals surface area contributed by atoms with Gasteiger partial charge in [-0.15, -0.1) is 0 Å². The Kier molecular flexibility index (Phi) is 4.90. The van der Waals surface area contributed by atoms with Gasteiger partial charge in [0.2, 0.25) is 5.43 Å². The minimum Gasteiger partial charge on any atom is -0.462 e. The highest BCUT2D eigenvalue weighted by molar-refractivity contribution is 5.94. The van der Waals surface area contributed by atoms with Crippen molar-refractivity contribution in [2.24, 2.45) is 5.73 Å². The third-order valence-electron chi connectivity index (χ3n) is 4.95. The van der Waals surface area contributed by atoms with E-state index in [0.29, 0.717) is 17.6 Å². The first-order chi connectivity index (χ1) is 12.0. The zero-order valence-electron chi connectivity index (χ0n) is 14.5. The molecule has 134 valence electrons. The SMILES string of the molecule is CCOC(=O)c1cn(CC)c2cc(C3CCC(N)C3)c(F)cc2c1=O. The second kappa shape index (κ2) is 6.96. The molecule has 2 unspecified atom stereocenters. The average molecular weight is 346 g/mol. The fraction of sp³-hybridized carbons (Fsp3) is 0.474. The maximum absolute atomic E-state index is 14.7. The highest BCUT2D eigenvalue weighted by Gasteiger charge is 2.27. The molecule has 1 aromatic heterocycles. The molecule has 25 heavy (non-hydrogen) atoms. The van der Waals surface area contributed by atoms with Crippen LogP contribution in [0.2, 0.25) is 0 Å². The molecule has 3 rings (SSSR count). The van der Waals surface area contributed by atoms with Gasteiger partial charge >= 0.3 is 5.97 Å². The van der Waals surface area contributed by atoms with Crippen molar-refractivity contribution in [2.45, 2.75) is 51.6 Å². The van der Waals surface area contributed by atoms with Crippen LogP contribution < -0.4 is 11.2 Å².